The lowest BCUT2D eigenvalue weighted by molar-refractivity contribution is 0.414. The van der Waals surface area contributed by atoms with Crippen LogP contribution < -0.4 is 10.1 Å². The van der Waals surface area contributed by atoms with Crippen molar-refractivity contribution in [2.45, 2.75) is 18.4 Å². The highest BCUT2D eigenvalue weighted by atomic mass is 16.5. The molecule has 0 bridgehead atoms. The van der Waals surface area contributed by atoms with Crippen LogP contribution in [0.5, 0.6) is 5.75 Å². The minimum atomic E-state index is 0.397. The van der Waals surface area contributed by atoms with Crippen molar-refractivity contribution in [2.24, 2.45) is 7.05 Å². The fourth-order valence-electron chi connectivity index (χ4n) is 2.82. The maximum absolute atomic E-state index is 5.20. The minimum absolute atomic E-state index is 0.397. The van der Waals surface area contributed by atoms with E-state index in [9.17, 15) is 0 Å². The summed E-state index contributed by atoms with van der Waals surface area (Å²) in [5.74, 6) is 2.21. The molecule has 1 fully saturated rings. The van der Waals surface area contributed by atoms with E-state index in [1.807, 2.05) is 25.2 Å². The lowest BCUT2D eigenvalue weighted by Crippen LogP contribution is -2.06. The molecule has 0 aliphatic heterocycles. The van der Waals surface area contributed by atoms with E-state index in [1.54, 1.807) is 18.0 Å². The van der Waals surface area contributed by atoms with Gasteiger partial charge in [-0.25, -0.2) is 9.67 Å². The Hall–Kier alpha value is -2.63. The predicted molar refractivity (Wildman–Crippen MR) is 84.1 cm³/mol. The summed E-state index contributed by atoms with van der Waals surface area (Å²) in [7, 11) is 3.57. The van der Waals surface area contributed by atoms with Crippen molar-refractivity contribution >= 4 is 16.9 Å². The predicted octanol–water partition coefficient (Wildman–Crippen LogP) is 2.34. The zero-order chi connectivity index (χ0) is 15.1. The molecule has 6 nitrogen and oxygen atoms in total. The van der Waals surface area contributed by atoms with E-state index in [4.69, 9.17) is 4.74 Å². The van der Waals surface area contributed by atoms with E-state index >= 15 is 0 Å². The molecule has 0 spiro atoms. The Morgan fingerprint density at radius 3 is 2.82 bits per heavy atom. The summed E-state index contributed by atoms with van der Waals surface area (Å²) in [5.41, 5.74) is 3.13. The highest BCUT2D eigenvalue weighted by Gasteiger charge is 2.39. The number of hydrogen-bond donors (Lipinski definition) is 1. The SMILES string of the molecule is COc1ccc([C@@H]2C[C@H]2Nc2nccc3c2nnn3C)cc1. The van der Waals surface area contributed by atoms with Crippen molar-refractivity contribution in [3.63, 3.8) is 0 Å². The highest BCUT2D eigenvalue weighted by Crippen LogP contribution is 2.43. The third-order valence-corrected chi connectivity index (χ3v) is 4.19. The molecule has 0 radical (unpaired) electrons. The summed E-state index contributed by atoms with van der Waals surface area (Å²) in [6.07, 6.45) is 2.89. The van der Waals surface area contributed by atoms with Gasteiger partial charge in [-0.05, 0) is 30.2 Å². The van der Waals surface area contributed by atoms with Gasteiger partial charge in [0.25, 0.3) is 0 Å². The molecule has 1 aliphatic carbocycles. The molecule has 0 unspecified atom stereocenters. The monoisotopic (exact) mass is 295 g/mol. The molecule has 22 heavy (non-hydrogen) atoms. The topological polar surface area (TPSA) is 64.9 Å². The summed E-state index contributed by atoms with van der Waals surface area (Å²) < 4.78 is 6.96. The van der Waals surface area contributed by atoms with Gasteiger partial charge in [-0.2, -0.15) is 0 Å². The fraction of sp³-hybridized carbons (Fsp3) is 0.312. The van der Waals surface area contributed by atoms with Gasteiger partial charge < -0.3 is 10.1 Å². The van der Waals surface area contributed by atoms with Crippen molar-refractivity contribution in [3.8, 4) is 5.75 Å². The van der Waals surface area contributed by atoms with Gasteiger partial charge in [0.2, 0.25) is 0 Å². The number of aromatic nitrogens is 4. The Labute approximate surface area is 128 Å². The summed E-state index contributed by atoms with van der Waals surface area (Å²) >= 11 is 0. The van der Waals surface area contributed by atoms with Crippen LogP contribution in [-0.2, 0) is 7.05 Å². The number of fused-ring (bicyclic) bond motifs is 1. The Morgan fingerprint density at radius 1 is 1.23 bits per heavy atom. The number of methoxy groups -OCH3 is 1. The van der Waals surface area contributed by atoms with Gasteiger partial charge in [-0.1, -0.05) is 17.3 Å². The molecule has 0 amide bonds. The van der Waals surface area contributed by atoms with E-state index in [0.29, 0.717) is 12.0 Å². The molecule has 1 aliphatic rings. The van der Waals surface area contributed by atoms with Crippen molar-refractivity contribution in [2.75, 3.05) is 12.4 Å². The normalized spacial score (nSPS) is 20.1. The number of pyridine rings is 1. The van der Waals surface area contributed by atoms with Crippen molar-refractivity contribution in [1.82, 2.24) is 20.0 Å². The van der Waals surface area contributed by atoms with Gasteiger partial charge in [0.1, 0.15) is 5.75 Å². The van der Waals surface area contributed by atoms with E-state index in [1.165, 1.54) is 5.56 Å². The van der Waals surface area contributed by atoms with Crippen LogP contribution in [0, 0.1) is 0 Å². The summed E-state index contributed by atoms with van der Waals surface area (Å²) in [6, 6.07) is 10.6. The number of aryl methyl sites for hydroxylation is 1. The van der Waals surface area contributed by atoms with Crippen LogP contribution in [0.3, 0.4) is 0 Å². The van der Waals surface area contributed by atoms with Crippen molar-refractivity contribution in [1.29, 1.82) is 0 Å². The maximum Gasteiger partial charge on any atom is 0.156 e. The van der Waals surface area contributed by atoms with Crippen LogP contribution in [0.25, 0.3) is 11.0 Å². The third kappa shape index (κ3) is 2.16. The molecule has 2 heterocycles. The second-order valence-electron chi connectivity index (χ2n) is 5.61. The quantitative estimate of drug-likeness (QED) is 0.800. The molecule has 1 saturated carbocycles. The summed E-state index contributed by atoms with van der Waals surface area (Å²) in [4.78, 5) is 4.41. The summed E-state index contributed by atoms with van der Waals surface area (Å²) in [5, 5.41) is 11.7. The van der Waals surface area contributed by atoms with Crippen molar-refractivity contribution < 1.29 is 4.74 Å². The fourth-order valence-corrected chi connectivity index (χ4v) is 2.82. The average molecular weight is 295 g/mol. The van der Waals surface area contributed by atoms with Crippen LogP contribution >= 0.6 is 0 Å². The number of anilines is 1. The van der Waals surface area contributed by atoms with Crippen LogP contribution in [0.4, 0.5) is 5.82 Å². The van der Waals surface area contributed by atoms with Crippen molar-refractivity contribution in [3.05, 3.63) is 42.1 Å². The Balaban J connectivity index is 1.52. The van der Waals surface area contributed by atoms with E-state index in [2.05, 4.69) is 32.7 Å². The van der Waals surface area contributed by atoms with Gasteiger partial charge in [0, 0.05) is 25.2 Å². The second-order valence-corrected chi connectivity index (χ2v) is 5.61. The van der Waals surface area contributed by atoms with Crippen LogP contribution in [-0.4, -0.2) is 33.1 Å². The lowest BCUT2D eigenvalue weighted by Gasteiger charge is -2.06. The lowest BCUT2D eigenvalue weighted by atomic mass is 10.1. The van der Waals surface area contributed by atoms with Crippen LogP contribution in [0.1, 0.15) is 17.9 Å². The number of benzene rings is 1. The maximum atomic E-state index is 5.20. The van der Waals surface area contributed by atoms with E-state index in [0.717, 1.165) is 29.0 Å². The Bertz CT molecular complexity index is 811. The number of nitrogens with one attached hydrogen (secondary N) is 1. The Morgan fingerprint density at radius 2 is 2.05 bits per heavy atom. The molecule has 0 saturated heterocycles. The molecule has 6 heteroatoms. The largest absolute Gasteiger partial charge is 0.497 e. The molecule has 1 N–H and O–H groups in total. The number of ether oxygens (including phenoxy) is 1. The van der Waals surface area contributed by atoms with Gasteiger partial charge in [0.15, 0.2) is 11.3 Å². The zero-order valence-electron chi connectivity index (χ0n) is 12.5. The van der Waals surface area contributed by atoms with Gasteiger partial charge >= 0.3 is 0 Å². The number of hydrogen-bond acceptors (Lipinski definition) is 5. The molecule has 1 aromatic carbocycles. The molecular formula is C16H17N5O. The molecule has 4 rings (SSSR count). The number of nitrogens with zero attached hydrogens (tertiary/aromatic N) is 4. The van der Waals surface area contributed by atoms with Gasteiger partial charge in [-0.15, -0.1) is 5.10 Å². The van der Waals surface area contributed by atoms with Gasteiger partial charge in [-0.3, -0.25) is 0 Å². The first kappa shape index (κ1) is 13.1. The van der Waals surface area contributed by atoms with Gasteiger partial charge in [0.05, 0.1) is 12.6 Å². The first-order chi connectivity index (χ1) is 10.8. The molecular weight excluding hydrogens is 278 g/mol. The Kier molecular flexibility index (Phi) is 2.96. The zero-order valence-corrected chi connectivity index (χ0v) is 12.5. The highest BCUT2D eigenvalue weighted by molar-refractivity contribution is 5.85. The second kappa shape index (κ2) is 4.98. The average Bonchev–Trinajstić information content (AvgIpc) is 3.22. The van der Waals surface area contributed by atoms with Crippen LogP contribution in [0.2, 0.25) is 0 Å². The molecule has 3 aromatic rings. The molecule has 2 atom stereocenters. The third-order valence-electron chi connectivity index (χ3n) is 4.19. The summed E-state index contributed by atoms with van der Waals surface area (Å²) in [6.45, 7) is 0. The van der Waals surface area contributed by atoms with E-state index < -0.39 is 0 Å². The molecule has 2 aromatic heterocycles. The molecule has 112 valence electrons. The number of rotatable bonds is 4. The van der Waals surface area contributed by atoms with E-state index in [-0.39, 0.29) is 0 Å². The first-order valence-electron chi connectivity index (χ1n) is 7.31. The minimum Gasteiger partial charge on any atom is -0.497 e. The first-order valence-corrected chi connectivity index (χ1v) is 7.31. The standard InChI is InChI=1S/C16H17N5O/c1-21-14-7-8-17-16(15(14)19-20-21)18-13-9-12(13)10-3-5-11(22-2)6-4-10/h3-8,12-13H,9H2,1-2H3,(H,17,18)/t12-,13+/m0/s1. The smallest absolute Gasteiger partial charge is 0.156 e. The van der Waals surface area contributed by atoms with Crippen LogP contribution in [0.15, 0.2) is 36.5 Å².